The third kappa shape index (κ3) is 4.68. The highest BCUT2D eigenvalue weighted by molar-refractivity contribution is 5.81. The summed E-state index contributed by atoms with van der Waals surface area (Å²) in [6.07, 6.45) is -4.45. The van der Waals surface area contributed by atoms with Gasteiger partial charge in [0.2, 0.25) is 0 Å². The lowest BCUT2D eigenvalue weighted by atomic mass is 9.83. The van der Waals surface area contributed by atoms with Crippen LogP contribution in [0.1, 0.15) is 50.7 Å². The third-order valence-corrected chi connectivity index (χ3v) is 4.15. The maximum atomic E-state index is 13.0. The highest BCUT2D eigenvalue weighted by atomic mass is 19.4. The van der Waals surface area contributed by atoms with Gasteiger partial charge in [0.15, 0.2) is 0 Å². The molecule has 1 heterocycles. The van der Waals surface area contributed by atoms with Gasteiger partial charge in [-0.1, -0.05) is 18.2 Å². The molecule has 0 radical (unpaired) electrons. The number of piperidine rings is 1. The van der Waals surface area contributed by atoms with Crippen LogP contribution in [0, 0.1) is 0 Å². The molecule has 1 fully saturated rings. The van der Waals surface area contributed by atoms with Gasteiger partial charge in [0.1, 0.15) is 11.6 Å². The summed E-state index contributed by atoms with van der Waals surface area (Å²) in [4.78, 5) is 25.3. The maximum absolute atomic E-state index is 13.0. The van der Waals surface area contributed by atoms with Crippen molar-refractivity contribution in [2.24, 2.45) is 0 Å². The van der Waals surface area contributed by atoms with Crippen molar-refractivity contribution >= 4 is 12.1 Å². The molecule has 0 aliphatic carbocycles. The summed E-state index contributed by atoms with van der Waals surface area (Å²) in [5, 5.41) is 9.65. The lowest BCUT2D eigenvalue weighted by Gasteiger charge is -2.39. The molecule has 1 amide bonds. The normalized spacial score (nSPS) is 21.4. The molecule has 1 aromatic carbocycles. The van der Waals surface area contributed by atoms with Crippen molar-refractivity contribution < 1.29 is 32.6 Å². The predicted octanol–water partition coefficient (Wildman–Crippen LogP) is 4.27. The Labute approximate surface area is 149 Å². The zero-order chi connectivity index (χ0) is 19.7. The van der Waals surface area contributed by atoms with Crippen LogP contribution in [-0.4, -0.2) is 40.3 Å². The number of rotatable bonds is 2. The van der Waals surface area contributed by atoms with Crippen molar-refractivity contribution in [1.29, 1.82) is 0 Å². The second-order valence-corrected chi connectivity index (χ2v) is 7.33. The number of likely N-dealkylation sites (tertiary alicyclic amines) is 1. The number of carbonyl (C=O) groups is 2. The lowest BCUT2D eigenvalue weighted by Crippen LogP contribution is -2.53. The Morgan fingerprint density at radius 3 is 2.42 bits per heavy atom. The van der Waals surface area contributed by atoms with Gasteiger partial charge in [0, 0.05) is 12.5 Å². The molecule has 144 valence electrons. The van der Waals surface area contributed by atoms with Gasteiger partial charge in [-0.25, -0.2) is 9.59 Å². The van der Waals surface area contributed by atoms with Crippen LogP contribution in [0.3, 0.4) is 0 Å². The third-order valence-electron chi connectivity index (χ3n) is 4.15. The van der Waals surface area contributed by atoms with Crippen molar-refractivity contribution in [1.82, 2.24) is 4.90 Å². The molecule has 1 saturated heterocycles. The number of halogens is 3. The second-order valence-electron chi connectivity index (χ2n) is 7.33. The number of aliphatic carboxylic acids is 1. The van der Waals surface area contributed by atoms with Crippen molar-refractivity contribution in [2.45, 2.75) is 57.3 Å². The fraction of sp³-hybridized carbons (Fsp3) is 0.556. The van der Waals surface area contributed by atoms with Crippen LogP contribution >= 0.6 is 0 Å². The predicted molar refractivity (Wildman–Crippen MR) is 87.8 cm³/mol. The molecule has 2 rings (SSSR count). The maximum Gasteiger partial charge on any atom is 0.416 e. The number of carboxylic acids is 1. The zero-order valence-corrected chi connectivity index (χ0v) is 14.8. The average Bonchev–Trinajstić information content (AvgIpc) is 2.51. The Balaban J connectivity index is 2.36. The van der Waals surface area contributed by atoms with Gasteiger partial charge >= 0.3 is 18.2 Å². The molecule has 26 heavy (non-hydrogen) atoms. The molecule has 1 aromatic rings. The van der Waals surface area contributed by atoms with E-state index in [1.165, 1.54) is 12.1 Å². The Morgan fingerprint density at radius 1 is 1.23 bits per heavy atom. The average molecular weight is 373 g/mol. The molecule has 2 unspecified atom stereocenters. The number of nitrogens with zero attached hydrogens (tertiary/aromatic N) is 1. The standard InChI is InChI=1S/C18H22F3NO4/c1-17(2,3)26-16(25)22-9-5-8-13(14(22)15(23)24)11-6-4-7-12(10-11)18(19,20)21/h4,6-7,10,13-14H,5,8-9H2,1-3H3,(H,23,24). The first-order valence-corrected chi connectivity index (χ1v) is 8.30. The minimum atomic E-state index is -4.52. The van der Waals surface area contributed by atoms with E-state index in [0.717, 1.165) is 17.0 Å². The van der Waals surface area contributed by atoms with Crippen molar-refractivity contribution in [2.75, 3.05) is 6.54 Å². The summed E-state index contributed by atoms with van der Waals surface area (Å²) in [5.74, 6) is -2.01. The van der Waals surface area contributed by atoms with Crippen LogP contribution in [-0.2, 0) is 15.7 Å². The molecule has 5 nitrogen and oxygen atoms in total. The summed E-state index contributed by atoms with van der Waals surface area (Å²) in [7, 11) is 0. The molecule has 0 spiro atoms. The first-order chi connectivity index (χ1) is 11.9. The van der Waals surface area contributed by atoms with E-state index in [2.05, 4.69) is 0 Å². The highest BCUT2D eigenvalue weighted by Crippen LogP contribution is 2.37. The number of alkyl halides is 3. The first kappa shape index (κ1) is 20.1. The molecular formula is C18H22F3NO4. The number of amides is 1. The molecule has 1 N–H and O–H groups in total. The van der Waals surface area contributed by atoms with E-state index in [-0.39, 0.29) is 12.1 Å². The minimum absolute atomic E-state index is 0.182. The zero-order valence-electron chi connectivity index (χ0n) is 14.8. The quantitative estimate of drug-likeness (QED) is 0.841. The summed E-state index contributed by atoms with van der Waals surface area (Å²) < 4.78 is 44.2. The fourth-order valence-corrected chi connectivity index (χ4v) is 3.12. The molecular weight excluding hydrogens is 351 g/mol. The van der Waals surface area contributed by atoms with E-state index < -0.39 is 41.4 Å². The van der Waals surface area contributed by atoms with E-state index in [1.807, 2.05) is 0 Å². The number of carboxylic acid groups (broad SMARTS) is 1. The van der Waals surface area contributed by atoms with Gasteiger partial charge in [0.05, 0.1) is 5.56 Å². The monoisotopic (exact) mass is 373 g/mol. The lowest BCUT2D eigenvalue weighted by molar-refractivity contribution is -0.145. The van der Waals surface area contributed by atoms with Crippen LogP contribution in [0.15, 0.2) is 24.3 Å². The van der Waals surface area contributed by atoms with Gasteiger partial charge in [-0.15, -0.1) is 0 Å². The molecule has 8 heteroatoms. The van der Waals surface area contributed by atoms with E-state index in [4.69, 9.17) is 4.74 Å². The highest BCUT2D eigenvalue weighted by Gasteiger charge is 2.42. The Morgan fingerprint density at radius 2 is 1.88 bits per heavy atom. The Bertz CT molecular complexity index is 682. The molecule has 0 aromatic heterocycles. The van der Waals surface area contributed by atoms with Crippen LogP contribution in [0.4, 0.5) is 18.0 Å². The molecule has 1 aliphatic rings. The van der Waals surface area contributed by atoms with Crippen LogP contribution in [0.25, 0.3) is 0 Å². The Hall–Kier alpha value is -2.25. The number of ether oxygens (including phenoxy) is 1. The van der Waals surface area contributed by atoms with Gasteiger partial charge < -0.3 is 9.84 Å². The van der Waals surface area contributed by atoms with E-state index in [9.17, 15) is 27.9 Å². The van der Waals surface area contributed by atoms with Crippen molar-refractivity contribution in [3.8, 4) is 0 Å². The van der Waals surface area contributed by atoms with Crippen LogP contribution in [0.2, 0.25) is 0 Å². The smallest absolute Gasteiger partial charge is 0.416 e. The van der Waals surface area contributed by atoms with Crippen molar-refractivity contribution in [3.63, 3.8) is 0 Å². The largest absolute Gasteiger partial charge is 0.480 e. The first-order valence-electron chi connectivity index (χ1n) is 8.30. The van der Waals surface area contributed by atoms with E-state index in [0.29, 0.717) is 12.8 Å². The van der Waals surface area contributed by atoms with Gasteiger partial charge in [-0.2, -0.15) is 13.2 Å². The van der Waals surface area contributed by atoms with Gasteiger partial charge in [-0.3, -0.25) is 4.90 Å². The van der Waals surface area contributed by atoms with Crippen molar-refractivity contribution in [3.05, 3.63) is 35.4 Å². The SMILES string of the molecule is CC(C)(C)OC(=O)N1CCCC(c2cccc(C(F)(F)F)c2)C1C(=O)O. The Kier molecular flexibility index (Phi) is 5.53. The number of benzene rings is 1. The summed E-state index contributed by atoms with van der Waals surface area (Å²) in [6.45, 7) is 5.17. The van der Waals surface area contributed by atoms with Crippen LogP contribution in [0.5, 0.6) is 0 Å². The number of carbonyl (C=O) groups excluding carboxylic acids is 1. The summed E-state index contributed by atoms with van der Waals surface area (Å²) >= 11 is 0. The summed E-state index contributed by atoms with van der Waals surface area (Å²) in [5.41, 5.74) is -1.39. The molecule has 0 saturated carbocycles. The number of hydrogen-bond donors (Lipinski definition) is 1. The minimum Gasteiger partial charge on any atom is -0.480 e. The molecule has 1 aliphatic heterocycles. The van der Waals surface area contributed by atoms with Gasteiger partial charge in [0.25, 0.3) is 0 Å². The summed E-state index contributed by atoms with van der Waals surface area (Å²) in [6, 6.07) is 3.34. The number of hydrogen-bond acceptors (Lipinski definition) is 3. The molecule has 2 atom stereocenters. The second kappa shape index (κ2) is 7.17. The topological polar surface area (TPSA) is 66.8 Å². The molecule has 0 bridgehead atoms. The van der Waals surface area contributed by atoms with Gasteiger partial charge in [-0.05, 0) is 45.2 Å². The van der Waals surface area contributed by atoms with E-state index >= 15 is 0 Å². The fourth-order valence-electron chi connectivity index (χ4n) is 3.12. The van der Waals surface area contributed by atoms with Crippen LogP contribution < -0.4 is 0 Å². The van der Waals surface area contributed by atoms with E-state index in [1.54, 1.807) is 20.8 Å².